The number of amides is 1. The molecular weight excluding hydrogens is 478 g/mol. The van der Waals surface area contributed by atoms with Crippen molar-refractivity contribution in [3.63, 3.8) is 0 Å². The molecule has 0 aliphatic heterocycles. The second kappa shape index (κ2) is 10.6. The molecule has 35 heavy (non-hydrogen) atoms. The summed E-state index contributed by atoms with van der Waals surface area (Å²) in [4.78, 5) is 33.0. The molecule has 172 valence electrons. The fourth-order valence-corrected chi connectivity index (χ4v) is 3.00. The van der Waals surface area contributed by atoms with E-state index >= 15 is 0 Å². The van der Waals surface area contributed by atoms with E-state index in [1.54, 1.807) is 18.2 Å². The van der Waals surface area contributed by atoms with Crippen LogP contribution >= 0.6 is 11.6 Å². The van der Waals surface area contributed by atoms with Crippen molar-refractivity contribution in [3.8, 4) is 23.6 Å². The van der Waals surface area contributed by atoms with Crippen LogP contribution in [0.4, 0.5) is 17.1 Å². The molecule has 0 saturated carbocycles. The number of carbonyl (C=O) groups excluding carboxylic acids is 1. The molecule has 1 amide bonds. The molecule has 12 heteroatoms. The van der Waals surface area contributed by atoms with Crippen molar-refractivity contribution in [1.82, 2.24) is 0 Å². The first-order valence-corrected chi connectivity index (χ1v) is 9.93. The first kappa shape index (κ1) is 24.4. The minimum absolute atomic E-state index is 0.0194. The number of nitriles is 2. The SMILES string of the molecule is N#C/C(=C\c1ccc(Oc2ccc([N+](=O)[O-])cc2C#N)cc1)C(=O)Nc1ccc(Cl)c([N+](=O)[O-])c1. The van der Waals surface area contributed by atoms with Gasteiger partial charge >= 0.3 is 0 Å². The molecule has 11 nitrogen and oxygen atoms in total. The van der Waals surface area contributed by atoms with Crippen molar-refractivity contribution in [2.24, 2.45) is 0 Å². The maximum Gasteiger partial charge on any atom is 0.289 e. The highest BCUT2D eigenvalue weighted by Crippen LogP contribution is 2.29. The lowest BCUT2D eigenvalue weighted by Crippen LogP contribution is -2.13. The van der Waals surface area contributed by atoms with Crippen LogP contribution in [-0.4, -0.2) is 15.8 Å². The summed E-state index contributed by atoms with van der Waals surface area (Å²) in [5.74, 6) is -0.353. The highest BCUT2D eigenvalue weighted by atomic mass is 35.5. The number of carbonyl (C=O) groups is 1. The van der Waals surface area contributed by atoms with E-state index in [9.17, 15) is 35.5 Å². The topological polar surface area (TPSA) is 172 Å². The molecule has 0 saturated heterocycles. The Hall–Kier alpha value is -5.26. The number of hydrogen-bond acceptors (Lipinski definition) is 8. The first-order valence-electron chi connectivity index (χ1n) is 9.55. The highest BCUT2D eigenvalue weighted by molar-refractivity contribution is 6.32. The molecule has 0 aromatic heterocycles. The van der Waals surface area contributed by atoms with Gasteiger partial charge in [0.25, 0.3) is 17.3 Å². The van der Waals surface area contributed by atoms with Gasteiger partial charge in [0.2, 0.25) is 0 Å². The van der Waals surface area contributed by atoms with E-state index in [2.05, 4.69) is 5.32 Å². The molecule has 0 fully saturated rings. The summed E-state index contributed by atoms with van der Waals surface area (Å²) in [5.41, 5.74) is -0.366. The Morgan fingerprint density at radius 2 is 1.71 bits per heavy atom. The number of non-ortho nitro benzene ring substituents is 1. The minimum atomic E-state index is -0.783. The summed E-state index contributed by atoms with van der Waals surface area (Å²) in [5, 5.41) is 42.8. The van der Waals surface area contributed by atoms with Gasteiger partial charge in [-0.2, -0.15) is 10.5 Å². The number of rotatable bonds is 7. The van der Waals surface area contributed by atoms with E-state index in [-0.39, 0.29) is 33.3 Å². The van der Waals surface area contributed by atoms with Gasteiger partial charge in [-0.3, -0.25) is 25.0 Å². The van der Waals surface area contributed by atoms with Crippen molar-refractivity contribution in [3.05, 3.63) is 103 Å². The predicted molar refractivity (Wildman–Crippen MR) is 125 cm³/mol. The number of ether oxygens (including phenoxy) is 1. The van der Waals surface area contributed by atoms with Gasteiger partial charge in [-0.1, -0.05) is 23.7 Å². The van der Waals surface area contributed by atoms with Gasteiger partial charge in [-0.15, -0.1) is 0 Å². The number of nitro benzene ring substituents is 2. The predicted octanol–water partition coefficient (Wildman–Crippen LogP) is 5.37. The first-order chi connectivity index (χ1) is 16.7. The van der Waals surface area contributed by atoms with Gasteiger partial charge in [0, 0.05) is 23.9 Å². The third-order valence-electron chi connectivity index (χ3n) is 4.48. The van der Waals surface area contributed by atoms with Crippen LogP contribution in [0.3, 0.4) is 0 Å². The average molecular weight is 490 g/mol. The normalized spacial score (nSPS) is 10.5. The van der Waals surface area contributed by atoms with Crippen LogP contribution in [0.15, 0.2) is 66.2 Å². The Labute approximate surface area is 202 Å². The van der Waals surface area contributed by atoms with Crippen LogP contribution < -0.4 is 10.1 Å². The van der Waals surface area contributed by atoms with E-state index < -0.39 is 21.4 Å². The lowest BCUT2D eigenvalue weighted by Gasteiger charge is -2.08. The molecule has 0 radical (unpaired) electrons. The molecule has 3 aromatic carbocycles. The number of anilines is 1. The van der Waals surface area contributed by atoms with Crippen molar-refractivity contribution in [1.29, 1.82) is 10.5 Å². The Balaban J connectivity index is 1.76. The van der Waals surface area contributed by atoms with Crippen LogP contribution in [0.25, 0.3) is 6.08 Å². The van der Waals surface area contributed by atoms with Crippen LogP contribution in [0.5, 0.6) is 11.5 Å². The van der Waals surface area contributed by atoms with Crippen LogP contribution in [0.2, 0.25) is 5.02 Å². The van der Waals surface area contributed by atoms with Gasteiger partial charge in [0.15, 0.2) is 0 Å². The van der Waals surface area contributed by atoms with Crippen molar-refractivity contribution in [2.45, 2.75) is 0 Å². The molecule has 0 bridgehead atoms. The summed E-state index contributed by atoms with van der Waals surface area (Å²) in [6.45, 7) is 0. The zero-order chi connectivity index (χ0) is 25.5. The van der Waals surface area contributed by atoms with Crippen LogP contribution in [0.1, 0.15) is 11.1 Å². The van der Waals surface area contributed by atoms with Gasteiger partial charge in [0.1, 0.15) is 39.8 Å². The number of benzene rings is 3. The molecule has 0 aliphatic carbocycles. The standard InChI is InChI=1S/C23H12ClN5O6/c24-20-7-3-17(11-21(20)29(33)34)27-23(30)16(13-26)9-14-1-5-19(6-2-14)35-22-8-4-18(28(31)32)10-15(22)12-25/h1-11H,(H,27,30)/b16-9+. The Morgan fingerprint density at radius 1 is 1.00 bits per heavy atom. The highest BCUT2D eigenvalue weighted by Gasteiger charge is 2.16. The van der Waals surface area contributed by atoms with E-state index in [1.165, 1.54) is 42.5 Å². The molecule has 3 aromatic rings. The van der Waals surface area contributed by atoms with Crippen molar-refractivity contribution < 1.29 is 19.4 Å². The van der Waals surface area contributed by atoms with E-state index in [0.29, 0.717) is 11.3 Å². The molecule has 0 unspecified atom stereocenters. The zero-order valence-corrected chi connectivity index (χ0v) is 18.2. The van der Waals surface area contributed by atoms with Gasteiger partial charge in [-0.25, -0.2) is 0 Å². The maximum atomic E-state index is 12.5. The molecule has 0 atom stereocenters. The molecule has 0 spiro atoms. The van der Waals surface area contributed by atoms with Crippen molar-refractivity contribution in [2.75, 3.05) is 5.32 Å². The maximum absolute atomic E-state index is 12.5. The number of nitrogens with one attached hydrogen (secondary N) is 1. The lowest BCUT2D eigenvalue weighted by atomic mass is 10.1. The molecule has 1 N–H and O–H groups in total. The zero-order valence-electron chi connectivity index (χ0n) is 17.5. The lowest BCUT2D eigenvalue weighted by molar-refractivity contribution is -0.385. The van der Waals surface area contributed by atoms with Crippen molar-refractivity contribution >= 4 is 40.6 Å². The van der Waals surface area contributed by atoms with Crippen LogP contribution in [-0.2, 0) is 4.79 Å². The number of halogens is 1. The number of nitrogens with zero attached hydrogens (tertiary/aromatic N) is 4. The van der Waals surface area contributed by atoms with Gasteiger partial charge in [-0.05, 0) is 42.0 Å². The Kier molecular flexibility index (Phi) is 7.36. The molecule has 0 heterocycles. The van der Waals surface area contributed by atoms with Gasteiger partial charge < -0.3 is 10.1 Å². The fraction of sp³-hybridized carbons (Fsp3) is 0. The van der Waals surface area contributed by atoms with E-state index in [4.69, 9.17) is 16.3 Å². The molecule has 0 aliphatic rings. The largest absolute Gasteiger partial charge is 0.456 e. The van der Waals surface area contributed by atoms with Crippen LogP contribution in [0, 0.1) is 42.9 Å². The third-order valence-corrected chi connectivity index (χ3v) is 4.80. The average Bonchev–Trinajstić information content (AvgIpc) is 2.84. The fourth-order valence-electron chi connectivity index (χ4n) is 2.81. The van der Waals surface area contributed by atoms with E-state index in [0.717, 1.165) is 12.1 Å². The summed E-state index contributed by atoms with van der Waals surface area (Å²) >= 11 is 5.75. The smallest absolute Gasteiger partial charge is 0.289 e. The minimum Gasteiger partial charge on any atom is -0.456 e. The Morgan fingerprint density at radius 3 is 2.31 bits per heavy atom. The monoisotopic (exact) mass is 489 g/mol. The summed E-state index contributed by atoms with van der Waals surface area (Å²) in [7, 11) is 0. The molecular formula is C23H12ClN5O6. The summed E-state index contributed by atoms with van der Waals surface area (Å²) < 4.78 is 5.61. The van der Waals surface area contributed by atoms with Gasteiger partial charge in [0.05, 0.1) is 9.85 Å². The summed E-state index contributed by atoms with van der Waals surface area (Å²) in [6, 6.07) is 17.0. The third kappa shape index (κ3) is 5.96. The second-order valence-electron chi connectivity index (χ2n) is 6.77. The summed E-state index contributed by atoms with van der Waals surface area (Å²) in [6.07, 6.45) is 1.30. The quantitative estimate of drug-likeness (QED) is 0.199. The number of nitro groups is 2. The van der Waals surface area contributed by atoms with E-state index in [1.807, 2.05) is 6.07 Å². The number of hydrogen-bond donors (Lipinski definition) is 1. The second-order valence-corrected chi connectivity index (χ2v) is 7.17. The molecule has 3 rings (SSSR count). The Bertz CT molecular complexity index is 1450.